The number of rotatable bonds is 7. The second-order valence-corrected chi connectivity index (χ2v) is 7.51. The summed E-state index contributed by atoms with van der Waals surface area (Å²) >= 11 is 12.0. The molecule has 2 heterocycles. The van der Waals surface area contributed by atoms with Gasteiger partial charge in [-0.15, -0.1) is 0 Å². The Balaban J connectivity index is 1.39. The minimum atomic E-state index is -2.89. The number of nitrogens with one attached hydrogen (secondary N) is 2. The van der Waals surface area contributed by atoms with E-state index in [4.69, 9.17) is 23.2 Å². The van der Waals surface area contributed by atoms with Crippen molar-refractivity contribution in [1.29, 1.82) is 0 Å². The Morgan fingerprint density at radius 3 is 2.62 bits per heavy atom. The van der Waals surface area contributed by atoms with Crippen molar-refractivity contribution < 1.29 is 18.3 Å². The zero-order valence-electron chi connectivity index (χ0n) is 16.2. The first-order valence-corrected chi connectivity index (χ1v) is 10.0. The highest BCUT2D eigenvalue weighted by Crippen LogP contribution is 2.24. The molecule has 0 fully saturated rings. The lowest BCUT2D eigenvalue weighted by Gasteiger charge is -2.04. The lowest BCUT2D eigenvalue weighted by molar-refractivity contribution is -0.0498. The average molecular weight is 478 g/mol. The fourth-order valence-corrected chi connectivity index (χ4v) is 3.25. The molecule has 0 atom stereocenters. The van der Waals surface area contributed by atoms with Gasteiger partial charge in [-0.25, -0.2) is 0 Å². The van der Waals surface area contributed by atoms with Gasteiger partial charge in [0.25, 0.3) is 5.91 Å². The number of hydrogen-bond donors (Lipinski definition) is 2. The van der Waals surface area contributed by atoms with E-state index in [-0.39, 0.29) is 11.4 Å². The van der Waals surface area contributed by atoms with Gasteiger partial charge in [-0.05, 0) is 48.0 Å². The number of ether oxygens (including phenoxy) is 1. The molecule has 164 valence electrons. The average Bonchev–Trinajstić information content (AvgIpc) is 3.41. The summed E-state index contributed by atoms with van der Waals surface area (Å²) in [6.45, 7) is -2.44. The number of carbonyl (C=O) groups is 1. The summed E-state index contributed by atoms with van der Waals surface area (Å²) in [5.74, 6) is -0.370. The highest BCUT2D eigenvalue weighted by Gasteiger charge is 2.13. The predicted molar refractivity (Wildman–Crippen MR) is 116 cm³/mol. The Hall–Kier alpha value is -3.43. The Labute approximate surface area is 190 Å². The van der Waals surface area contributed by atoms with Crippen LogP contribution in [0.25, 0.3) is 11.3 Å². The number of amides is 1. The van der Waals surface area contributed by atoms with Crippen LogP contribution in [0.3, 0.4) is 0 Å². The molecule has 0 aliphatic rings. The predicted octanol–water partition coefficient (Wildman–Crippen LogP) is 5.48. The topological polar surface area (TPSA) is 84.8 Å². The number of H-pyrrole nitrogens is 1. The molecule has 2 aromatic carbocycles. The number of aromatic nitrogens is 4. The molecule has 0 radical (unpaired) electrons. The van der Waals surface area contributed by atoms with E-state index in [0.29, 0.717) is 33.5 Å². The first-order valence-electron chi connectivity index (χ1n) is 9.26. The molecular weight excluding hydrogens is 463 g/mol. The maximum absolute atomic E-state index is 12.5. The molecule has 32 heavy (non-hydrogen) atoms. The Bertz CT molecular complexity index is 1240. The molecule has 0 saturated carbocycles. The molecule has 1 amide bonds. The standard InChI is InChI=1S/C21H15Cl2F2N5O2/c22-16-6-1-12(7-17(16)23)10-30-11-14(9-26-30)27-20(31)19-8-18(28-29-19)13-2-4-15(5-3-13)32-21(24)25/h1-9,11,21H,10H2,(H,27,31)(H,28,29). The number of aromatic amines is 1. The summed E-state index contributed by atoms with van der Waals surface area (Å²) in [7, 11) is 0. The van der Waals surface area contributed by atoms with Crippen molar-refractivity contribution in [3.63, 3.8) is 0 Å². The van der Waals surface area contributed by atoms with Gasteiger partial charge < -0.3 is 10.1 Å². The smallest absolute Gasteiger partial charge is 0.387 e. The molecule has 11 heteroatoms. The fraction of sp³-hybridized carbons (Fsp3) is 0.0952. The second-order valence-electron chi connectivity index (χ2n) is 6.70. The SMILES string of the molecule is O=C(Nc1cnn(Cc2ccc(Cl)c(Cl)c2)c1)c1cc(-c2ccc(OC(F)F)cc2)n[nH]1. The number of carbonyl (C=O) groups excluding carboxylic acids is 1. The van der Waals surface area contributed by atoms with Crippen LogP contribution < -0.4 is 10.1 Å². The number of benzene rings is 2. The van der Waals surface area contributed by atoms with Gasteiger partial charge in [0.15, 0.2) is 0 Å². The first-order chi connectivity index (χ1) is 15.4. The summed E-state index contributed by atoms with van der Waals surface area (Å²) in [5.41, 5.74) is 2.75. The zero-order valence-corrected chi connectivity index (χ0v) is 17.7. The number of alkyl halides is 2. The quantitative estimate of drug-likeness (QED) is 0.368. The van der Waals surface area contributed by atoms with E-state index in [1.807, 2.05) is 6.07 Å². The van der Waals surface area contributed by atoms with Crippen molar-refractivity contribution in [2.24, 2.45) is 0 Å². The van der Waals surface area contributed by atoms with Crippen LogP contribution in [0.4, 0.5) is 14.5 Å². The van der Waals surface area contributed by atoms with E-state index < -0.39 is 12.5 Å². The van der Waals surface area contributed by atoms with Crippen LogP contribution >= 0.6 is 23.2 Å². The molecule has 0 unspecified atom stereocenters. The summed E-state index contributed by atoms with van der Waals surface area (Å²) in [5, 5.41) is 14.6. The number of anilines is 1. The minimum Gasteiger partial charge on any atom is -0.435 e. The number of nitrogens with zero attached hydrogens (tertiary/aromatic N) is 3. The van der Waals surface area contributed by atoms with Crippen LogP contribution in [-0.2, 0) is 6.54 Å². The summed E-state index contributed by atoms with van der Waals surface area (Å²) < 4.78 is 30.5. The molecule has 2 N–H and O–H groups in total. The first kappa shape index (κ1) is 21.8. The Morgan fingerprint density at radius 2 is 1.91 bits per heavy atom. The van der Waals surface area contributed by atoms with Crippen molar-refractivity contribution >= 4 is 34.8 Å². The maximum Gasteiger partial charge on any atom is 0.387 e. The van der Waals surface area contributed by atoms with Crippen LogP contribution in [0, 0.1) is 0 Å². The third-order valence-corrected chi connectivity index (χ3v) is 5.16. The lowest BCUT2D eigenvalue weighted by Crippen LogP contribution is -2.11. The molecule has 4 aromatic rings. The Morgan fingerprint density at radius 1 is 1.12 bits per heavy atom. The molecule has 0 spiro atoms. The zero-order chi connectivity index (χ0) is 22.7. The minimum absolute atomic E-state index is 0.0372. The van der Waals surface area contributed by atoms with E-state index in [9.17, 15) is 13.6 Å². The van der Waals surface area contributed by atoms with Crippen molar-refractivity contribution in [2.45, 2.75) is 13.2 Å². The third kappa shape index (κ3) is 5.24. The molecule has 0 bridgehead atoms. The molecule has 4 rings (SSSR count). The lowest BCUT2D eigenvalue weighted by atomic mass is 10.1. The molecular formula is C21H15Cl2F2N5O2. The molecule has 2 aromatic heterocycles. The maximum atomic E-state index is 12.5. The van der Waals surface area contributed by atoms with Crippen LogP contribution in [-0.4, -0.2) is 32.5 Å². The molecule has 0 aliphatic carbocycles. The van der Waals surface area contributed by atoms with Crippen LogP contribution in [0.15, 0.2) is 60.9 Å². The van der Waals surface area contributed by atoms with E-state index >= 15 is 0 Å². The van der Waals surface area contributed by atoms with Crippen LogP contribution in [0.1, 0.15) is 16.1 Å². The van der Waals surface area contributed by atoms with Gasteiger partial charge >= 0.3 is 6.61 Å². The van der Waals surface area contributed by atoms with Gasteiger partial charge in [0.2, 0.25) is 0 Å². The largest absolute Gasteiger partial charge is 0.435 e. The molecule has 7 nitrogen and oxygen atoms in total. The molecule has 0 aliphatic heterocycles. The summed E-state index contributed by atoms with van der Waals surface area (Å²) in [4.78, 5) is 12.5. The van der Waals surface area contributed by atoms with Crippen molar-refractivity contribution in [3.8, 4) is 17.0 Å². The number of halogens is 4. The van der Waals surface area contributed by atoms with Gasteiger partial charge in [-0.2, -0.15) is 19.0 Å². The Kier molecular flexibility index (Phi) is 6.38. The van der Waals surface area contributed by atoms with Crippen LogP contribution in [0.2, 0.25) is 10.0 Å². The van der Waals surface area contributed by atoms with Gasteiger partial charge in [0, 0.05) is 11.8 Å². The highest BCUT2D eigenvalue weighted by atomic mass is 35.5. The van der Waals surface area contributed by atoms with Gasteiger partial charge in [-0.1, -0.05) is 29.3 Å². The van der Waals surface area contributed by atoms with E-state index in [1.54, 1.807) is 41.2 Å². The third-order valence-electron chi connectivity index (χ3n) is 4.42. The fourth-order valence-electron chi connectivity index (χ4n) is 2.93. The normalized spacial score (nSPS) is 11.0. The van der Waals surface area contributed by atoms with Gasteiger partial charge in [-0.3, -0.25) is 14.6 Å². The van der Waals surface area contributed by atoms with Gasteiger partial charge in [0.05, 0.1) is 34.2 Å². The number of hydrogen-bond acceptors (Lipinski definition) is 4. The van der Waals surface area contributed by atoms with Crippen molar-refractivity contribution in [1.82, 2.24) is 20.0 Å². The van der Waals surface area contributed by atoms with E-state index in [2.05, 4.69) is 25.3 Å². The second kappa shape index (κ2) is 9.37. The van der Waals surface area contributed by atoms with Crippen molar-refractivity contribution in [2.75, 3.05) is 5.32 Å². The van der Waals surface area contributed by atoms with E-state index in [1.165, 1.54) is 18.3 Å². The van der Waals surface area contributed by atoms with Crippen molar-refractivity contribution in [3.05, 3.63) is 82.2 Å². The summed E-state index contributed by atoms with van der Waals surface area (Å²) in [6.07, 6.45) is 3.20. The summed E-state index contributed by atoms with van der Waals surface area (Å²) in [6, 6.07) is 12.8. The van der Waals surface area contributed by atoms with Gasteiger partial charge in [0.1, 0.15) is 11.4 Å². The monoisotopic (exact) mass is 477 g/mol. The van der Waals surface area contributed by atoms with E-state index in [0.717, 1.165) is 5.56 Å². The molecule has 0 saturated heterocycles. The van der Waals surface area contributed by atoms with Crippen LogP contribution in [0.5, 0.6) is 5.75 Å². The highest BCUT2D eigenvalue weighted by molar-refractivity contribution is 6.42.